The highest BCUT2D eigenvalue weighted by Gasteiger charge is 2.36. The van der Waals surface area contributed by atoms with E-state index in [4.69, 9.17) is 21.1 Å². The molecule has 0 aromatic heterocycles. The van der Waals surface area contributed by atoms with Crippen molar-refractivity contribution < 1.29 is 14.3 Å². The van der Waals surface area contributed by atoms with Crippen molar-refractivity contribution >= 4 is 28.9 Å². The third-order valence-corrected chi connectivity index (χ3v) is 8.34. The van der Waals surface area contributed by atoms with Crippen molar-refractivity contribution in [3.05, 3.63) is 82.4 Å². The second-order valence-corrected chi connectivity index (χ2v) is 10.9. The lowest BCUT2D eigenvalue weighted by molar-refractivity contribution is -0.118. The van der Waals surface area contributed by atoms with Crippen LogP contribution in [0.3, 0.4) is 0 Å². The Morgan fingerprint density at radius 1 is 1.03 bits per heavy atom. The van der Waals surface area contributed by atoms with Crippen LogP contribution in [0, 0.1) is 0 Å². The Kier molecular flexibility index (Phi) is 7.85. The van der Waals surface area contributed by atoms with E-state index in [1.165, 1.54) is 31.4 Å². The summed E-state index contributed by atoms with van der Waals surface area (Å²) in [4.78, 5) is 18.1. The van der Waals surface area contributed by atoms with Gasteiger partial charge in [-0.3, -0.25) is 4.79 Å². The summed E-state index contributed by atoms with van der Waals surface area (Å²) in [6, 6.07) is 20.5. The molecule has 200 valence electrons. The standard InChI is InChI=1S/C32H37ClN2O3/c1-5-21(2)38-30-20-28-23(18-29(30)37-4)19-31(36)35(32(28)22-10-12-24(33)13-11-22)27-16-14-26(15-17-27)34(3)25-8-6-7-9-25/h10-18,20-21,25,32H,5-9,19H2,1-4H3. The lowest BCUT2D eigenvalue weighted by Crippen LogP contribution is -2.41. The molecule has 6 heteroatoms. The van der Waals surface area contributed by atoms with Gasteiger partial charge in [-0.25, -0.2) is 0 Å². The normalized spacial score (nSPS) is 18.3. The molecule has 2 unspecified atom stereocenters. The Hall–Kier alpha value is -3.18. The highest BCUT2D eigenvalue weighted by atomic mass is 35.5. The van der Waals surface area contributed by atoms with Crippen LogP contribution in [0.2, 0.25) is 5.02 Å². The zero-order chi connectivity index (χ0) is 26.8. The lowest BCUT2D eigenvalue weighted by Gasteiger charge is -2.38. The molecule has 38 heavy (non-hydrogen) atoms. The molecule has 0 saturated heterocycles. The quantitative estimate of drug-likeness (QED) is 0.300. The molecule has 0 spiro atoms. The Bertz CT molecular complexity index is 1270. The van der Waals surface area contributed by atoms with E-state index in [1.807, 2.05) is 35.2 Å². The fourth-order valence-corrected chi connectivity index (χ4v) is 5.85. The molecule has 2 aliphatic rings. The zero-order valence-corrected chi connectivity index (χ0v) is 23.5. The monoisotopic (exact) mass is 532 g/mol. The summed E-state index contributed by atoms with van der Waals surface area (Å²) in [6.07, 6.45) is 6.29. The number of carbonyl (C=O) groups excluding carboxylic acids is 1. The van der Waals surface area contributed by atoms with Crippen LogP contribution in [0.25, 0.3) is 0 Å². The molecule has 1 amide bonds. The van der Waals surface area contributed by atoms with Crippen molar-refractivity contribution in [2.45, 2.75) is 70.6 Å². The van der Waals surface area contributed by atoms with Gasteiger partial charge in [-0.05, 0) is 91.4 Å². The number of benzene rings is 3. The van der Waals surface area contributed by atoms with Crippen molar-refractivity contribution in [1.82, 2.24) is 0 Å². The van der Waals surface area contributed by atoms with E-state index in [2.05, 4.69) is 56.1 Å². The highest BCUT2D eigenvalue weighted by Crippen LogP contribution is 2.44. The lowest BCUT2D eigenvalue weighted by atomic mass is 9.86. The molecule has 0 bridgehead atoms. The zero-order valence-electron chi connectivity index (χ0n) is 22.7. The number of amides is 1. The summed E-state index contributed by atoms with van der Waals surface area (Å²) in [6.45, 7) is 4.15. The Labute approximate surface area is 231 Å². The minimum atomic E-state index is -0.313. The fourth-order valence-electron chi connectivity index (χ4n) is 5.73. The van der Waals surface area contributed by atoms with Crippen LogP contribution < -0.4 is 19.3 Å². The number of rotatable bonds is 8. The van der Waals surface area contributed by atoms with Crippen LogP contribution in [0.1, 0.15) is 68.7 Å². The number of ether oxygens (including phenoxy) is 2. The van der Waals surface area contributed by atoms with Crippen molar-refractivity contribution in [2.24, 2.45) is 0 Å². The van der Waals surface area contributed by atoms with E-state index in [-0.39, 0.29) is 18.1 Å². The van der Waals surface area contributed by atoms with Crippen LogP contribution in [0.15, 0.2) is 60.7 Å². The first-order chi connectivity index (χ1) is 18.4. The van der Waals surface area contributed by atoms with Gasteiger partial charge < -0.3 is 19.3 Å². The van der Waals surface area contributed by atoms with Crippen LogP contribution in [0.5, 0.6) is 11.5 Å². The Morgan fingerprint density at radius 2 is 1.71 bits per heavy atom. The molecule has 5 nitrogen and oxygen atoms in total. The van der Waals surface area contributed by atoms with E-state index >= 15 is 0 Å². The molecule has 3 aromatic rings. The van der Waals surface area contributed by atoms with Gasteiger partial charge in [0.15, 0.2) is 11.5 Å². The van der Waals surface area contributed by atoms with E-state index in [0.717, 1.165) is 28.8 Å². The molecule has 1 aliphatic carbocycles. The second-order valence-electron chi connectivity index (χ2n) is 10.5. The third-order valence-electron chi connectivity index (χ3n) is 8.09. The van der Waals surface area contributed by atoms with Gasteiger partial charge in [-0.15, -0.1) is 0 Å². The van der Waals surface area contributed by atoms with Gasteiger partial charge in [-0.1, -0.05) is 43.5 Å². The van der Waals surface area contributed by atoms with E-state index in [9.17, 15) is 4.79 Å². The van der Waals surface area contributed by atoms with E-state index < -0.39 is 0 Å². The first kappa shape index (κ1) is 26.4. The van der Waals surface area contributed by atoms with Crippen molar-refractivity contribution in [3.63, 3.8) is 0 Å². The molecule has 1 heterocycles. The number of hydrogen-bond acceptors (Lipinski definition) is 4. The molecule has 1 aliphatic heterocycles. The molecule has 1 saturated carbocycles. The van der Waals surface area contributed by atoms with Gasteiger partial charge in [0.05, 0.1) is 25.7 Å². The molecule has 5 rings (SSSR count). The van der Waals surface area contributed by atoms with E-state index in [0.29, 0.717) is 29.0 Å². The predicted molar refractivity (Wildman–Crippen MR) is 155 cm³/mol. The number of methoxy groups -OCH3 is 1. The molecular formula is C32H37ClN2O3. The van der Waals surface area contributed by atoms with Crippen molar-refractivity contribution in [2.75, 3.05) is 24.0 Å². The topological polar surface area (TPSA) is 42.0 Å². The first-order valence-electron chi connectivity index (χ1n) is 13.7. The molecular weight excluding hydrogens is 496 g/mol. The number of fused-ring (bicyclic) bond motifs is 1. The molecule has 1 fully saturated rings. The molecule has 0 N–H and O–H groups in total. The minimum absolute atomic E-state index is 0.0432. The highest BCUT2D eigenvalue weighted by molar-refractivity contribution is 6.30. The van der Waals surface area contributed by atoms with Crippen LogP contribution in [-0.4, -0.2) is 32.2 Å². The number of halogens is 1. The SMILES string of the molecule is CCC(C)Oc1cc2c(cc1OC)CC(=O)N(c1ccc(N(C)C3CCCC3)cc1)C2c1ccc(Cl)cc1. The van der Waals surface area contributed by atoms with Crippen molar-refractivity contribution in [1.29, 1.82) is 0 Å². The van der Waals surface area contributed by atoms with Gasteiger partial charge in [0.2, 0.25) is 5.91 Å². The molecule has 3 aromatic carbocycles. The predicted octanol–water partition coefficient (Wildman–Crippen LogP) is 7.58. The van der Waals surface area contributed by atoms with Gasteiger partial charge in [0, 0.05) is 29.5 Å². The maximum absolute atomic E-state index is 13.8. The summed E-state index contributed by atoms with van der Waals surface area (Å²) >= 11 is 6.25. The molecule has 2 atom stereocenters. The van der Waals surface area contributed by atoms with Gasteiger partial charge in [-0.2, -0.15) is 0 Å². The number of hydrogen-bond donors (Lipinski definition) is 0. The fraction of sp³-hybridized carbons (Fsp3) is 0.406. The second kappa shape index (κ2) is 11.3. The van der Waals surface area contributed by atoms with Crippen LogP contribution >= 0.6 is 11.6 Å². The number of carbonyl (C=O) groups is 1. The largest absolute Gasteiger partial charge is 0.493 e. The van der Waals surface area contributed by atoms with Gasteiger partial charge in [0.25, 0.3) is 0 Å². The summed E-state index contributed by atoms with van der Waals surface area (Å²) < 4.78 is 11.9. The summed E-state index contributed by atoms with van der Waals surface area (Å²) in [7, 11) is 3.82. The molecule has 0 radical (unpaired) electrons. The van der Waals surface area contributed by atoms with Gasteiger partial charge >= 0.3 is 0 Å². The first-order valence-corrected chi connectivity index (χ1v) is 14.0. The average molecular weight is 533 g/mol. The summed E-state index contributed by atoms with van der Waals surface area (Å²) in [5.41, 5.74) is 5.05. The smallest absolute Gasteiger partial charge is 0.232 e. The Balaban J connectivity index is 1.58. The van der Waals surface area contributed by atoms with Crippen LogP contribution in [-0.2, 0) is 11.2 Å². The number of nitrogens with zero attached hydrogens (tertiary/aromatic N) is 2. The van der Waals surface area contributed by atoms with E-state index in [1.54, 1.807) is 7.11 Å². The summed E-state index contributed by atoms with van der Waals surface area (Å²) in [5.74, 6) is 1.40. The van der Waals surface area contributed by atoms with Crippen LogP contribution in [0.4, 0.5) is 11.4 Å². The maximum atomic E-state index is 13.8. The number of anilines is 2. The van der Waals surface area contributed by atoms with Crippen molar-refractivity contribution in [3.8, 4) is 11.5 Å². The maximum Gasteiger partial charge on any atom is 0.232 e. The average Bonchev–Trinajstić information content (AvgIpc) is 3.47. The third kappa shape index (κ3) is 5.22. The van der Waals surface area contributed by atoms with Gasteiger partial charge in [0.1, 0.15) is 0 Å². The summed E-state index contributed by atoms with van der Waals surface area (Å²) in [5, 5.41) is 0.664. The Morgan fingerprint density at radius 3 is 2.34 bits per heavy atom. The minimum Gasteiger partial charge on any atom is -0.493 e.